The van der Waals surface area contributed by atoms with Crippen LogP contribution in [-0.2, 0) is 0 Å². The third kappa shape index (κ3) is 2.88. The van der Waals surface area contributed by atoms with Gasteiger partial charge in [0.15, 0.2) is 5.76 Å². The van der Waals surface area contributed by atoms with E-state index in [1.807, 2.05) is 44.0 Å². The summed E-state index contributed by atoms with van der Waals surface area (Å²) in [5.74, 6) is 0.817. The van der Waals surface area contributed by atoms with E-state index in [1.54, 1.807) is 0 Å². The molecule has 1 heterocycles. The number of hydrogen-bond acceptors (Lipinski definition) is 3. The summed E-state index contributed by atoms with van der Waals surface area (Å²) in [5.41, 5.74) is 2.78. The van der Waals surface area contributed by atoms with Crippen LogP contribution in [0.1, 0.15) is 47.4 Å². The highest BCUT2D eigenvalue weighted by Crippen LogP contribution is 2.31. The van der Waals surface area contributed by atoms with Crippen molar-refractivity contribution in [1.82, 2.24) is 4.90 Å². The normalized spacial score (nSPS) is 21.6. The summed E-state index contributed by atoms with van der Waals surface area (Å²) in [5, 5.41) is 10.3. The zero-order valence-electron chi connectivity index (χ0n) is 14.1. The SMILES string of the molecule is Cc1c(C(=O)N(C)C2CCC(CO)CC2)oc2c(C)cccc12. The first-order valence-corrected chi connectivity index (χ1v) is 8.39. The molecular weight excluding hydrogens is 290 g/mol. The maximum atomic E-state index is 12.9. The van der Waals surface area contributed by atoms with Gasteiger partial charge in [-0.3, -0.25) is 4.79 Å². The Morgan fingerprint density at radius 2 is 1.96 bits per heavy atom. The van der Waals surface area contributed by atoms with Crippen molar-refractivity contribution in [3.05, 3.63) is 35.1 Å². The van der Waals surface area contributed by atoms with Gasteiger partial charge in [0, 0.05) is 30.6 Å². The van der Waals surface area contributed by atoms with E-state index in [0.717, 1.165) is 47.8 Å². The second-order valence-electron chi connectivity index (χ2n) is 6.78. The molecule has 1 fully saturated rings. The minimum absolute atomic E-state index is 0.0365. The van der Waals surface area contributed by atoms with Gasteiger partial charge in [-0.25, -0.2) is 0 Å². The summed E-state index contributed by atoms with van der Waals surface area (Å²) in [4.78, 5) is 14.7. The molecule has 124 valence electrons. The van der Waals surface area contributed by atoms with Crippen molar-refractivity contribution in [2.24, 2.45) is 5.92 Å². The molecule has 0 spiro atoms. The summed E-state index contributed by atoms with van der Waals surface area (Å²) in [7, 11) is 1.87. The van der Waals surface area contributed by atoms with Crippen LogP contribution in [0.4, 0.5) is 0 Å². The number of benzene rings is 1. The third-order valence-electron chi connectivity index (χ3n) is 5.30. The van der Waals surface area contributed by atoms with E-state index < -0.39 is 0 Å². The molecule has 0 radical (unpaired) electrons. The molecular formula is C19H25NO3. The molecule has 1 aromatic heterocycles. The van der Waals surface area contributed by atoms with Crippen molar-refractivity contribution in [3.63, 3.8) is 0 Å². The Balaban J connectivity index is 1.83. The van der Waals surface area contributed by atoms with Crippen molar-refractivity contribution < 1.29 is 14.3 Å². The molecule has 1 aromatic carbocycles. The Kier molecular flexibility index (Phi) is 4.44. The quantitative estimate of drug-likeness (QED) is 0.940. The highest BCUT2D eigenvalue weighted by molar-refractivity contribution is 5.99. The number of aliphatic hydroxyl groups excluding tert-OH is 1. The van der Waals surface area contributed by atoms with Crippen molar-refractivity contribution in [1.29, 1.82) is 0 Å². The molecule has 2 aromatic rings. The lowest BCUT2D eigenvalue weighted by Gasteiger charge is -2.33. The lowest BCUT2D eigenvalue weighted by atomic mass is 9.86. The van der Waals surface area contributed by atoms with Gasteiger partial charge in [-0.2, -0.15) is 0 Å². The van der Waals surface area contributed by atoms with Crippen LogP contribution in [0.3, 0.4) is 0 Å². The van der Waals surface area contributed by atoms with E-state index in [4.69, 9.17) is 4.42 Å². The second-order valence-corrected chi connectivity index (χ2v) is 6.78. The number of amides is 1. The van der Waals surface area contributed by atoms with Crippen LogP contribution in [0.25, 0.3) is 11.0 Å². The zero-order valence-corrected chi connectivity index (χ0v) is 14.1. The lowest BCUT2D eigenvalue weighted by molar-refractivity contribution is 0.0623. The number of hydrogen-bond donors (Lipinski definition) is 1. The molecule has 1 aliphatic rings. The standard InChI is InChI=1S/C19H25NO3/c1-12-5-4-6-16-13(2)18(23-17(12)16)19(22)20(3)15-9-7-14(11-21)8-10-15/h4-6,14-15,21H,7-11H2,1-3H3. The Bertz CT molecular complexity index is 711. The largest absolute Gasteiger partial charge is 0.450 e. The first-order valence-electron chi connectivity index (χ1n) is 8.39. The Morgan fingerprint density at radius 3 is 2.57 bits per heavy atom. The van der Waals surface area contributed by atoms with E-state index in [9.17, 15) is 9.90 Å². The first-order chi connectivity index (χ1) is 11.0. The molecule has 0 unspecified atom stereocenters. The molecule has 1 saturated carbocycles. The molecule has 0 saturated heterocycles. The number of nitrogens with zero attached hydrogens (tertiary/aromatic N) is 1. The van der Waals surface area contributed by atoms with Crippen LogP contribution in [0.15, 0.2) is 22.6 Å². The van der Waals surface area contributed by atoms with Gasteiger partial charge < -0.3 is 14.4 Å². The molecule has 4 heteroatoms. The maximum absolute atomic E-state index is 12.9. The smallest absolute Gasteiger partial charge is 0.289 e. The maximum Gasteiger partial charge on any atom is 0.289 e. The van der Waals surface area contributed by atoms with Gasteiger partial charge in [-0.15, -0.1) is 0 Å². The van der Waals surface area contributed by atoms with Crippen LogP contribution in [0.2, 0.25) is 0 Å². The summed E-state index contributed by atoms with van der Waals surface area (Å²) in [6.07, 6.45) is 3.87. The number of rotatable bonds is 3. The predicted octanol–water partition coefficient (Wildman–Crippen LogP) is 3.67. The van der Waals surface area contributed by atoms with Gasteiger partial charge in [0.05, 0.1) is 0 Å². The molecule has 3 rings (SSSR count). The zero-order chi connectivity index (χ0) is 16.6. The van der Waals surface area contributed by atoms with E-state index >= 15 is 0 Å². The average molecular weight is 315 g/mol. The van der Waals surface area contributed by atoms with Gasteiger partial charge in [-0.05, 0) is 51.0 Å². The Morgan fingerprint density at radius 1 is 1.26 bits per heavy atom. The number of aryl methyl sites for hydroxylation is 2. The van der Waals surface area contributed by atoms with E-state index in [-0.39, 0.29) is 18.6 Å². The van der Waals surface area contributed by atoms with Crippen LogP contribution in [-0.4, -0.2) is 35.6 Å². The fourth-order valence-electron chi connectivity index (χ4n) is 3.63. The number of fused-ring (bicyclic) bond motifs is 1. The Labute approximate surface area is 137 Å². The van der Waals surface area contributed by atoms with Gasteiger partial charge in [0.25, 0.3) is 5.91 Å². The van der Waals surface area contributed by atoms with E-state index in [0.29, 0.717) is 11.7 Å². The van der Waals surface area contributed by atoms with E-state index in [2.05, 4.69) is 0 Å². The topological polar surface area (TPSA) is 53.7 Å². The van der Waals surface area contributed by atoms with Gasteiger partial charge in [0.2, 0.25) is 0 Å². The fraction of sp³-hybridized carbons (Fsp3) is 0.526. The van der Waals surface area contributed by atoms with Crippen LogP contribution >= 0.6 is 0 Å². The lowest BCUT2D eigenvalue weighted by Crippen LogP contribution is -2.39. The summed E-state index contributed by atoms with van der Waals surface area (Å²) in [6, 6.07) is 6.23. The molecule has 4 nitrogen and oxygen atoms in total. The molecule has 0 bridgehead atoms. The number of furan rings is 1. The van der Waals surface area contributed by atoms with Gasteiger partial charge in [0.1, 0.15) is 5.58 Å². The molecule has 0 aliphatic heterocycles. The molecule has 23 heavy (non-hydrogen) atoms. The highest BCUT2D eigenvalue weighted by Gasteiger charge is 2.29. The van der Waals surface area contributed by atoms with Crippen LogP contribution in [0.5, 0.6) is 0 Å². The van der Waals surface area contributed by atoms with Crippen LogP contribution in [0, 0.1) is 19.8 Å². The number of aliphatic hydroxyl groups is 1. The number of carbonyl (C=O) groups is 1. The van der Waals surface area contributed by atoms with Crippen molar-refractivity contribution >= 4 is 16.9 Å². The fourth-order valence-corrected chi connectivity index (χ4v) is 3.63. The summed E-state index contributed by atoms with van der Waals surface area (Å²) in [6.45, 7) is 4.21. The Hall–Kier alpha value is -1.81. The van der Waals surface area contributed by atoms with Crippen molar-refractivity contribution in [2.75, 3.05) is 13.7 Å². The summed E-state index contributed by atoms with van der Waals surface area (Å²) < 4.78 is 5.91. The minimum atomic E-state index is -0.0365. The second kappa shape index (κ2) is 6.36. The van der Waals surface area contributed by atoms with Crippen molar-refractivity contribution in [2.45, 2.75) is 45.6 Å². The monoisotopic (exact) mass is 315 g/mol. The van der Waals surface area contributed by atoms with Gasteiger partial charge >= 0.3 is 0 Å². The van der Waals surface area contributed by atoms with Crippen LogP contribution < -0.4 is 0 Å². The molecule has 1 N–H and O–H groups in total. The number of carbonyl (C=O) groups excluding carboxylic acids is 1. The molecule has 0 atom stereocenters. The first kappa shape index (κ1) is 16.1. The molecule has 1 amide bonds. The van der Waals surface area contributed by atoms with Crippen molar-refractivity contribution in [3.8, 4) is 0 Å². The predicted molar refractivity (Wildman–Crippen MR) is 90.6 cm³/mol. The number of para-hydroxylation sites is 1. The third-order valence-corrected chi connectivity index (χ3v) is 5.30. The highest BCUT2D eigenvalue weighted by atomic mass is 16.3. The average Bonchev–Trinajstić information content (AvgIpc) is 2.92. The molecule has 1 aliphatic carbocycles. The minimum Gasteiger partial charge on any atom is -0.450 e. The van der Waals surface area contributed by atoms with Gasteiger partial charge in [-0.1, -0.05) is 18.2 Å². The summed E-state index contributed by atoms with van der Waals surface area (Å²) >= 11 is 0. The van der Waals surface area contributed by atoms with E-state index in [1.165, 1.54) is 0 Å².